The molecule has 2 rings (SSSR count). The molecule has 0 amide bonds. The van der Waals surface area contributed by atoms with E-state index in [1.165, 1.54) is 25.3 Å². The van der Waals surface area contributed by atoms with Gasteiger partial charge in [-0.15, -0.1) is 0 Å². The van der Waals surface area contributed by atoms with Gasteiger partial charge in [0.05, 0.1) is 19.3 Å². The number of carbonyl (C=O) groups is 2. The standard InChI is InChI=1S/C22H21F3O5/c1-28-20(26)13-6-16-4-9-19(10-5-16)30-21(27)17-7-11-18(12-8-17)29-15-3-2-14-22(23,24)25/h4-13H,2-3,14-15H2,1H3/b13-6+. The SMILES string of the molecule is COC(=O)/C=C/c1ccc(OC(=O)c2ccc(OCCCCC(F)(F)F)cc2)cc1. The number of rotatable bonds is 9. The van der Waals surface area contributed by atoms with Crippen molar-refractivity contribution in [1.29, 1.82) is 0 Å². The van der Waals surface area contributed by atoms with Crippen LogP contribution in [0.2, 0.25) is 0 Å². The first-order valence-electron chi connectivity index (χ1n) is 9.15. The number of carbonyl (C=O) groups excluding carboxylic acids is 2. The smallest absolute Gasteiger partial charge is 0.389 e. The molecule has 0 unspecified atom stereocenters. The molecule has 0 N–H and O–H groups in total. The maximum absolute atomic E-state index is 12.2. The summed E-state index contributed by atoms with van der Waals surface area (Å²) in [6.07, 6.45) is -1.84. The van der Waals surface area contributed by atoms with Gasteiger partial charge in [0.25, 0.3) is 0 Å². The maximum Gasteiger partial charge on any atom is 0.389 e. The number of esters is 2. The molecule has 0 fully saturated rings. The Kier molecular flexibility index (Phi) is 8.46. The van der Waals surface area contributed by atoms with Crippen LogP contribution >= 0.6 is 0 Å². The molecule has 0 saturated heterocycles. The van der Waals surface area contributed by atoms with Gasteiger partial charge < -0.3 is 14.2 Å². The van der Waals surface area contributed by atoms with Crippen molar-refractivity contribution in [3.63, 3.8) is 0 Å². The molecule has 0 radical (unpaired) electrons. The lowest BCUT2D eigenvalue weighted by Gasteiger charge is -2.09. The summed E-state index contributed by atoms with van der Waals surface area (Å²) in [7, 11) is 1.28. The summed E-state index contributed by atoms with van der Waals surface area (Å²) in [6, 6.07) is 12.7. The predicted octanol–water partition coefficient (Wildman–Crippen LogP) is 5.20. The zero-order valence-corrected chi connectivity index (χ0v) is 16.3. The fourth-order valence-electron chi connectivity index (χ4n) is 2.35. The molecule has 0 aliphatic rings. The van der Waals surface area contributed by atoms with E-state index in [9.17, 15) is 22.8 Å². The van der Waals surface area contributed by atoms with Crippen molar-refractivity contribution in [1.82, 2.24) is 0 Å². The zero-order valence-electron chi connectivity index (χ0n) is 16.3. The van der Waals surface area contributed by atoms with E-state index in [0.717, 1.165) is 5.56 Å². The Hall–Kier alpha value is -3.29. The third kappa shape index (κ3) is 8.38. The molecule has 8 heteroatoms. The quantitative estimate of drug-likeness (QED) is 0.240. The molecule has 0 atom stereocenters. The van der Waals surface area contributed by atoms with E-state index in [1.54, 1.807) is 42.5 Å². The zero-order chi connectivity index (χ0) is 22.0. The first kappa shape index (κ1) is 23.0. The molecular formula is C22H21F3O5. The highest BCUT2D eigenvalue weighted by Gasteiger charge is 2.25. The summed E-state index contributed by atoms with van der Waals surface area (Å²) in [6.45, 7) is 0.163. The van der Waals surface area contributed by atoms with Crippen LogP contribution < -0.4 is 9.47 Å². The van der Waals surface area contributed by atoms with Gasteiger partial charge in [-0.1, -0.05) is 12.1 Å². The van der Waals surface area contributed by atoms with Gasteiger partial charge in [0, 0.05) is 12.5 Å². The van der Waals surface area contributed by atoms with Crippen molar-refractivity contribution in [2.75, 3.05) is 13.7 Å². The van der Waals surface area contributed by atoms with Crippen molar-refractivity contribution in [2.24, 2.45) is 0 Å². The molecule has 0 aliphatic carbocycles. The Morgan fingerprint density at radius 3 is 2.17 bits per heavy atom. The highest BCUT2D eigenvalue weighted by atomic mass is 19.4. The molecule has 0 spiro atoms. The average Bonchev–Trinajstić information content (AvgIpc) is 2.72. The van der Waals surface area contributed by atoms with Crippen LogP contribution in [0, 0.1) is 0 Å². The Balaban J connectivity index is 1.81. The Labute approximate surface area is 172 Å². The van der Waals surface area contributed by atoms with E-state index in [4.69, 9.17) is 9.47 Å². The van der Waals surface area contributed by atoms with Crippen molar-refractivity contribution in [3.05, 3.63) is 65.7 Å². The van der Waals surface area contributed by atoms with Gasteiger partial charge in [-0.2, -0.15) is 13.2 Å². The molecule has 0 bridgehead atoms. The van der Waals surface area contributed by atoms with Gasteiger partial charge in [-0.3, -0.25) is 0 Å². The van der Waals surface area contributed by atoms with E-state index in [0.29, 0.717) is 17.1 Å². The molecule has 160 valence electrons. The van der Waals surface area contributed by atoms with Crippen LogP contribution in [0.1, 0.15) is 35.2 Å². The van der Waals surface area contributed by atoms with E-state index in [1.807, 2.05) is 0 Å². The van der Waals surface area contributed by atoms with Gasteiger partial charge >= 0.3 is 18.1 Å². The Morgan fingerprint density at radius 1 is 0.933 bits per heavy atom. The number of hydrogen-bond donors (Lipinski definition) is 0. The van der Waals surface area contributed by atoms with E-state index < -0.39 is 24.5 Å². The Morgan fingerprint density at radius 2 is 1.57 bits per heavy atom. The number of unbranched alkanes of at least 4 members (excludes halogenated alkanes) is 1. The lowest BCUT2D eigenvalue weighted by Crippen LogP contribution is -2.09. The molecule has 0 saturated carbocycles. The number of alkyl halides is 3. The van der Waals surface area contributed by atoms with E-state index >= 15 is 0 Å². The lowest BCUT2D eigenvalue weighted by atomic mass is 10.2. The lowest BCUT2D eigenvalue weighted by molar-refractivity contribution is -0.136. The fraction of sp³-hybridized carbons (Fsp3) is 0.273. The third-order valence-electron chi connectivity index (χ3n) is 3.92. The summed E-state index contributed by atoms with van der Waals surface area (Å²) in [5.74, 6) is -0.246. The topological polar surface area (TPSA) is 61.8 Å². The molecule has 2 aromatic carbocycles. The number of benzene rings is 2. The predicted molar refractivity (Wildman–Crippen MR) is 104 cm³/mol. The van der Waals surface area contributed by atoms with Crippen LogP contribution in [0.3, 0.4) is 0 Å². The van der Waals surface area contributed by atoms with Crippen molar-refractivity contribution in [3.8, 4) is 11.5 Å². The third-order valence-corrected chi connectivity index (χ3v) is 3.92. The summed E-state index contributed by atoms with van der Waals surface area (Å²) in [4.78, 5) is 23.3. The second-order valence-electron chi connectivity index (χ2n) is 6.26. The number of methoxy groups -OCH3 is 1. The van der Waals surface area contributed by atoms with Gasteiger partial charge in [0.2, 0.25) is 0 Å². The fourth-order valence-corrected chi connectivity index (χ4v) is 2.35. The van der Waals surface area contributed by atoms with Gasteiger partial charge in [-0.25, -0.2) is 9.59 Å². The first-order valence-corrected chi connectivity index (χ1v) is 9.15. The summed E-state index contributed by atoms with van der Waals surface area (Å²) >= 11 is 0. The van der Waals surface area contributed by atoms with Gasteiger partial charge in [0.1, 0.15) is 11.5 Å². The summed E-state index contributed by atoms with van der Waals surface area (Å²) < 4.78 is 51.4. The number of ether oxygens (including phenoxy) is 3. The van der Waals surface area contributed by atoms with Crippen LogP contribution in [-0.2, 0) is 9.53 Å². The summed E-state index contributed by atoms with van der Waals surface area (Å²) in [5.41, 5.74) is 1.03. The van der Waals surface area contributed by atoms with E-state index in [2.05, 4.69) is 4.74 Å². The van der Waals surface area contributed by atoms with Crippen molar-refractivity contribution >= 4 is 18.0 Å². The van der Waals surface area contributed by atoms with Gasteiger partial charge in [0.15, 0.2) is 0 Å². The molecule has 5 nitrogen and oxygen atoms in total. The summed E-state index contributed by atoms with van der Waals surface area (Å²) in [5, 5.41) is 0. The van der Waals surface area contributed by atoms with Gasteiger partial charge in [-0.05, 0) is 60.9 Å². The number of hydrogen-bond acceptors (Lipinski definition) is 5. The van der Waals surface area contributed by atoms with Crippen LogP contribution in [0.25, 0.3) is 6.08 Å². The van der Waals surface area contributed by atoms with Crippen LogP contribution in [0.5, 0.6) is 11.5 Å². The van der Waals surface area contributed by atoms with Crippen molar-refractivity contribution < 1.29 is 37.0 Å². The van der Waals surface area contributed by atoms with Crippen LogP contribution in [-0.4, -0.2) is 31.8 Å². The second-order valence-corrected chi connectivity index (χ2v) is 6.26. The molecule has 30 heavy (non-hydrogen) atoms. The minimum absolute atomic E-state index is 0.00514. The Bertz CT molecular complexity index is 856. The molecule has 2 aromatic rings. The highest BCUT2D eigenvalue weighted by Crippen LogP contribution is 2.22. The number of halogens is 3. The van der Waals surface area contributed by atoms with E-state index in [-0.39, 0.29) is 19.4 Å². The monoisotopic (exact) mass is 422 g/mol. The highest BCUT2D eigenvalue weighted by molar-refractivity contribution is 5.91. The molecule has 0 heterocycles. The van der Waals surface area contributed by atoms with Crippen LogP contribution in [0.15, 0.2) is 54.6 Å². The molecule has 0 aromatic heterocycles. The minimum atomic E-state index is -4.15. The maximum atomic E-state index is 12.2. The van der Waals surface area contributed by atoms with Crippen molar-refractivity contribution in [2.45, 2.75) is 25.4 Å². The van der Waals surface area contributed by atoms with Crippen LogP contribution in [0.4, 0.5) is 13.2 Å². The minimum Gasteiger partial charge on any atom is -0.494 e. The largest absolute Gasteiger partial charge is 0.494 e. The normalized spacial score (nSPS) is 11.3. The average molecular weight is 422 g/mol. The molecule has 0 aliphatic heterocycles. The second kappa shape index (κ2) is 11.0. The molecular weight excluding hydrogens is 401 g/mol. The first-order chi connectivity index (χ1) is 14.3.